The summed E-state index contributed by atoms with van der Waals surface area (Å²) in [7, 11) is 2.21. The minimum Gasteiger partial charge on any atom is -0.468 e. The minimum absolute atomic E-state index is 0.163. The number of ketones is 2. The molecule has 6 heteroatoms. The number of esters is 2. The summed E-state index contributed by atoms with van der Waals surface area (Å²) in [5.41, 5.74) is -1.86. The van der Waals surface area contributed by atoms with Crippen molar-refractivity contribution in [2.45, 2.75) is 39.5 Å². The standard InChI is InChI=1S/C13H20O6/c1-5-9(14)7-13(11(16)18-3,12(17)19-4)8-10(15)6-2/h5-8H2,1-4H3. The van der Waals surface area contributed by atoms with Crippen molar-refractivity contribution in [2.24, 2.45) is 5.41 Å². The van der Waals surface area contributed by atoms with E-state index >= 15 is 0 Å². The Kier molecular flexibility index (Phi) is 6.96. The van der Waals surface area contributed by atoms with E-state index in [0.29, 0.717) is 0 Å². The summed E-state index contributed by atoms with van der Waals surface area (Å²) in [5.74, 6) is -2.44. The Morgan fingerprint density at radius 2 is 1.11 bits per heavy atom. The van der Waals surface area contributed by atoms with Crippen molar-refractivity contribution in [3.05, 3.63) is 0 Å². The fourth-order valence-electron chi connectivity index (χ4n) is 1.75. The van der Waals surface area contributed by atoms with E-state index in [4.69, 9.17) is 0 Å². The van der Waals surface area contributed by atoms with Gasteiger partial charge in [0.05, 0.1) is 14.2 Å². The summed E-state index contributed by atoms with van der Waals surface area (Å²) in [6.45, 7) is 3.23. The molecule has 0 saturated carbocycles. The predicted molar refractivity (Wildman–Crippen MR) is 66.3 cm³/mol. The SMILES string of the molecule is CCC(=O)CC(CC(=O)CC)(C(=O)OC)C(=O)OC. The lowest BCUT2D eigenvalue weighted by atomic mass is 9.77. The first-order valence-electron chi connectivity index (χ1n) is 6.08. The van der Waals surface area contributed by atoms with E-state index in [1.165, 1.54) is 0 Å². The van der Waals surface area contributed by atoms with E-state index in [0.717, 1.165) is 14.2 Å². The molecule has 6 nitrogen and oxygen atoms in total. The molecule has 0 saturated heterocycles. The first-order chi connectivity index (χ1) is 8.87. The van der Waals surface area contributed by atoms with E-state index in [9.17, 15) is 19.2 Å². The molecular weight excluding hydrogens is 252 g/mol. The lowest BCUT2D eigenvalue weighted by molar-refractivity contribution is -0.173. The topological polar surface area (TPSA) is 86.7 Å². The van der Waals surface area contributed by atoms with E-state index in [1.807, 2.05) is 0 Å². The van der Waals surface area contributed by atoms with E-state index in [-0.39, 0.29) is 37.2 Å². The second-order valence-electron chi connectivity index (χ2n) is 4.20. The molecule has 0 atom stereocenters. The third-order valence-corrected chi connectivity index (χ3v) is 2.94. The van der Waals surface area contributed by atoms with Gasteiger partial charge in [0.15, 0.2) is 5.41 Å². The molecule has 0 N–H and O–H groups in total. The van der Waals surface area contributed by atoms with Gasteiger partial charge in [0.1, 0.15) is 11.6 Å². The number of ether oxygens (including phenoxy) is 2. The Bertz CT molecular complexity index is 335. The van der Waals surface area contributed by atoms with Crippen LogP contribution in [0.5, 0.6) is 0 Å². The van der Waals surface area contributed by atoms with Gasteiger partial charge in [0.2, 0.25) is 0 Å². The maximum absolute atomic E-state index is 11.9. The number of carbonyl (C=O) groups excluding carboxylic acids is 4. The van der Waals surface area contributed by atoms with Crippen molar-refractivity contribution < 1.29 is 28.7 Å². The summed E-state index contributed by atoms with van der Waals surface area (Å²) in [5, 5.41) is 0. The number of methoxy groups -OCH3 is 2. The second kappa shape index (κ2) is 7.66. The van der Waals surface area contributed by atoms with Gasteiger partial charge in [-0.1, -0.05) is 13.8 Å². The molecule has 0 aliphatic carbocycles. The van der Waals surface area contributed by atoms with Crippen LogP contribution in [0, 0.1) is 5.41 Å². The predicted octanol–water partition coefficient (Wildman–Crippen LogP) is 1.06. The van der Waals surface area contributed by atoms with Gasteiger partial charge in [0.25, 0.3) is 0 Å². The van der Waals surface area contributed by atoms with Crippen LogP contribution in [0.15, 0.2) is 0 Å². The largest absolute Gasteiger partial charge is 0.468 e. The molecule has 108 valence electrons. The highest BCUT2D eigenvalue weighted by atomic mass is 16.5. The number of rotatable bonds is 8. The molecule has 0 amide bonds. The summed E-state index contributed by atoms with van der Waals surface area (Å²) in [4.78, 5) is 47.0. The Morgan fingerprint density at radius 3 is 1.32 bits per heavy atom. The number of carbonyl (C=O) groups is 4. The van der Waals surface area contributed by atoms with E-state index < -0.39 is 17.4 Å². The molecule has 0 rings (SSSR count). The Hall–Kier alpha value is -1.72. The van der Waals surface area contributed by atoms with Gasteiger partial charge in [-0.05, 0) is 0 Å². The lowest BCUT2D eigenvalue weighted by Crippen LogP contribution is -2.44. The zero-order valence-corrected chi connectivity index (χ0v) is 11.8. The molecule has 0 spiro atoms. The molecule has 0 fully saturated rings. The molecule has 19 heavy (non-hydrogen) atoms. The molecule has 0 aromatic carbocycles. The Morgan fingerprint density at radius 1 is 0.789 bits per heavy atom. The average Bonchev–Trinajstić information content (AvgIpc) is 2.43. The summed E-state index contributed by atoms with van der Waals surface area (Å²) >= 11 is 0. The van der Waals surface area contributed by atoms with E-state index in [1.54, 1.807) is 13.8 Å². The van der Waals surface area contributed by atoms with Crippen LogP contribution in [0.2, 0.25) is 0 Å². The normalized spacial score (nSPS) is 10.7. The zero-order valence-electron chi connectivity index (χ0n) is 11.8. The molecule has 0 bridgehead atoms. The van der Waals surface area contributed by atoms with Crippen molar-refractivity contribution in [3.63, 3.8) is 0 Å². The van der Waals surface area contributed by atoms with E-state index in [2.05, 4.69) is 9.47 Å². The third-order valence-electron chi connectivity index (χ3n) is 2.94. The molecule has 0 aliphatic rings. The van der Waals surface area contributed by atoms with Crippen molar-refractivity contribution in [3.8, 4) is 0 Å². The smallest absolute Gasteiger partial charge is 0.324 e. The van der Waals surface area contributed by atoms with Gasteiger partial charge in [-0.25, -0.2) is 0 Å². The highest BCUT2D eigenvalue weighted by Crippen LogP contribution is 2.32. The van der Waals surface area contributed by atoms with Crippen molar-refractivity contribution >= 4 is 23.5 Å². The minimum atomic E-state index is -1.86. The van der Waals surface area contributed by atoms with Crippen LogP contribution in [0.1, 0.15) is 39.5 Å². The molecular formula is C13H20O6. The van der Waals surface area contributed by atoms with Crippen LogP contribution in [-0.4, -0.2) is 37.7 Å². The lowest BCUT2D eigenvalue weighted by Gasteiger charge is -2.26. The highest BCUT2D eigenvalue weighted by Gasteiger charge is 2.50. The van der Waals surface area contributed by atoms with Gasteiger partial charge in [0, 0.05) is 25.7 Å². The van der Waals surface area contributed by atoms with Crippen molar-refractivity contribution in [1.29, 1.82) is 0 Å². The average molecular weight is 272 g/mol. The summed E-state index contributed by atoms with van der Waals surface area (Å²) in [6, 6.07) is 0. The molecule has 0 aromatic rings. The second-order valence-corrected chi connectivity index (χ2v) is 4.20. The fraction of sp³-hybridized carbons (Fsp3) is 0.692. The van der Waals surface area contributed by atoms with Crippen LogP contribution in [0.4, 0.5) is 0 Å². The highest BCUT2D eigenvalue weighted by molar-refractivity contribution is 6.07. The quantitative estimate of drug-likeness (QED) is 0.485. The van der Waals surface area contributed by atoms with Crippen LogP contribution < -0.4 is 0 Å². The van der Waals surface area contributed by atoms with Gasteiger partial charge in [-0.15, -0.1) is 0 Å². The van der Waals surface area contributed by atoms with Crippen LogP contribution in [0.3, 0.4) is 0 Å². The first-order valence-corrected chi connectivity index (χ1v) is 6.08. The number of hydrogen-bond donors (Lipinski definition) is 0. The van der Waals surface area contributed by atoms with Crippen molar-refractivity contribution in [2.75, 3.05) is 14.2 Å². The summed E-state index contributed by atoms with van der Waals surface area (Å²) < 4.78 is 9.17. The maximum atomic E-state index is 11.9. The fourth-order valence-corrected chi connectivity index (χ4v) is 1.75. The van der Waals surface area contributed by atoms with Gasteiger partial charge >= 0.3 is 11.9 Å². The molecule has 0 unspecified atom stereocenters. The van der Waals surface area contributed by atoms with Gasteiger partial charge < -0.3 is 9.47 Å². The van der Waals surface area contributed by atoms with Crippen molar-refractivity contribution in [1.82, 2.24) is 0 Å². The number of hydrogen-bond acceptors (Lipinski definition) is 6. The van der Waals surface area contributed by atoms with Crippen LogP contribution in [-0.2, 0) is 28.7 Å². The molecule has 0 aromatic heterocycles. The summed E-state index contributed by atoms with van der Waals surface area (Å²) in [6.07, 6.45) is -0.435. The third kappa shape index (κ3) is 4.15. The first kappa shape index (κ1) is 17.3. The monoisotopic (exact) mass is 272 g/mol. The van der Waals surface area contributed by atoms with Gasteiger partial charge in [-0.3, -0.25) is 19.2 Å². The van der Waals surface area contributed by atoms with Crippen LogP contribution in [0.25, 0.3) is 0 Å². The molecule has 0 aliphatic heterocycles. The maximum Gasteiger partial charge on any atom is 0.324 e. The number of Topliss-reactive ketones (excluding diaryl/α,β-unsaturated/α-hetero) is 2. The Balaban J connectivity index is 5.57. The zero-order chi connectivity index (χ0) is 15.1. The van der Waals surface area contributed by atoms with Gasteiger partial charge in [-0.2, -0.15) is 0 Å². The van der Waals surface area contributed by atoms with Crippen LogP contribution >= 0.6 is 0 Å². The molecule has 0 heterocycles. The molecule has 0 radical (unpaired) electrons. The Labute approximate surface area is 112 Å².